The van der Waals surface area contributed by atoms with Gasteiger partial charge in [0, 0.05) is 58.7 Å². The van der Waals surface area contributed by atoms with Crippen LogP contribution in [0.3, 0.4) is 0 Å². The zero-order valence-corrected chi connectivity index (χ0v) is 75.1. The highest BCUT2D eigenvalue weighted by molar-refractivity contribution is 6.00. The van der Waals surface area contributed by atoms with Crippen LogP contribution < -0.4 is 74.4 Å². The fourth-order valence-electron chi connectivity index (χ4n) is 12.2. The Hall–Kier alpha value is -10.9. The summed E-state index contributed by atoms with van der Waals surface area (Å²) in [5.74, 6) is -13.3. The summed E-state index contributed by atoms with van der Waals surface area (Å²) in [7, 11) is 0. The fourth-order valence-corrected chi connectivity index (χ4v) is 12.2. The van der Waals surface area contributed by atoms with Gasteiger partial charge in [0.2, 0.25) is 65.0 Å². The Labute approximate surface area is 719 Å². The van der Waals surface area contributed by atoms with E-state index in [1.54, 1.807) is 155 Å². The van der Waals surface area contributed by atoms with E-state index in [1.807, 2.05) is 6.92 Å². The van der Waals surface area contributed by atoms with Crippen molar-refractivity contribution in [2.75, 3.05) is 52.4 Å². The van der Waals surface area contributed by atoms with Crippen molar-refractivity contribution in [2.24, 2.45) is 5.92 Å². The van der Waals surface area contributed by atoms with Gasteiger partial charge in [-0.25, -0.2) is 24.0 Å². The third-order valence-electron chi connectivity index (χ3n) is 17.9. The maximum atomic E-state index is 15.5. The SMILES string of the molecule is CCCC(C)OC(=O)CCC(=O)N1CCN(C(=O)OC(C)(C)C)CC1C(=O)N[C@H](C(=O)N[C@@H](CCNC(=O)OC(C)(C)C)C(=O)N[C@H]1CCNC(=O)[C@H]([C@H](C)O)NC(=O)[C@H](CCNC(=O)OC(C)(C)C)NC(=O)[C@H](CCNC(=O)OC(C)(C)C)NC(=O)[C@H](CC(C)C)NC(=O)[C@@H](Cc2ccccc2)NC(=O)[C@H](CCNC(=O)OC(C)(C)C)NC1=O)C(C)O. The number of piperazine rings is 1. The number of amides is 16. The molecule has 0 aliphatic carbocycles. The van der Waals surface area contributed by atoms with E-state index in [-0.39, 0.29) is 32.5 Å². The smallest absolute Gasteiger partial charge is 0.410 e. The van der Waals surface area contributed by atoms with E-state index >= 15 is 19.2 Å². The van der Waals surface area contributed by atoms with Crippen LogP contribution in [0.4, 0.5) is 24.0 Å². The van der Waals surface area contributed by atoms with Crippen LogP contribution in [0.5, 0.6) is 0 Å². The number of alkyl carbamates (subject to hydrolysis) is 4. The molecule has 0 saturated carbocycles. The van der Waals surface area contributed by atoms with E-state index in [0.29, 0.717) is 18.4 Å². The van der Waals surface area contributed by atoms with Gasteiger partial charge in [0.05, 0.1) is 31.3 Å². The predicted octanol–water partition coefficient (Wildman–Crippen LogP) is 1.54. The van der Waals surface area contributed by atoms with Crippen LogP contribution in [0, 0.1) is 5.92 Å². The molecule has 2 heterocycles. The van der Waals surface area contributed by atoms with Crippen molar-refractivity contribution in [3.63, 3.8) is 0 Å². The summed E-state index contributed by atoms with van der Waals surface area (Å²) in [5, 5.41) is 58.1. The summed E-state index contributed by atoms with van der Waals surface area (Å²) in [4.78, 5) is 245. The normalized spacial score (nSPS) is 20.9. The number of nitrogens with zero attached hydrogens (tertiary/aromatic N) is 2. The number of esters is 1. The van der Waals surface area contributed by atoms with Gasteiger partial charge in [-0.05, 0) is 181 Å². The number of hydrogen-bond donors (Lipinski definition) is 16. The monoisotopic (exact) mass is 1740 g/mol. The van der Waals surface area contributed by atoms with Gasteiger partial charge in [0.25, 0.3) is 0 Å². The number of carbonyl (C=O) groups excluding carboxylic acids is 17. The molecule has 123 heavy (non-hydrogen) atoms. The van der Waals surface area contributed by atoms with E-state index < -0.39 is 292 Å². The Kier molecular flexibility index (Phi) is 42.7. The minimum absolute atomic E-state index is 0.134. The number of benzene rings is 1. The van der Waals surface area contributed by atoms with Crippen LogP contribution in [0.1, 0.15) is 215 Å². The Bertz CT molecular complexity index is 3760. The first kappa shape index (κ1) is 106. The molecule has 41 nitrogen and oxygen atoms in total. The molecule has 0 radical (unpaired) electrons. The summed E-state index contributed by atoms with van der Waals surface area (Å²) in [6.45, 7) is 29.6. The quantitative estimate of drug-likeness (QED) is 0.0384. The first-order valence-electron chi connectivity index (χ1n) is 41.7. The van der Waals surface area contributed by atoms with Gasteiger partial charge in [-0.3, -0.25) is 57.5 Å². The van der Waals surface area contributed by atoms with Crippen LogP contribution in [-0.2, 0) is 92.4 Å². The zero-order chi connectivity index (χ0) is 93.2. The Morgan fingerprint density at radius 1 is 0.504 bits per heavy atom. The van der Waals surface area contributed by atoms with E-state index in [0.717, 1.165) is 23.6 Å². The van der Waals surface area contributed by atoms with Crippen molar-refractivity contribution >= 4 is 101 Å². The van der Waals surface area contributed by atoms with Gasteiger partial charge in [-0.1, -0.05) is 57.5 Å². The zero-order valence-electron chi connectivity index (χ0n) is 75.1. The van der Waals surface area contributed by atoms with Crippen molar-refractivity contribution in [3.8, 4) is 0 Å². The second kappa shape index (κ2) is 49.4. The highest BCUT2D eigenvalue weighted by Crippen LogP contribution is 2.21. The maximum absolute atomic E-state index is 15.5. The van der Waals surface area contributed by atoms with Gasteiger partial charge in [-0.2, -0.15) is 0 Å². The lowest BCUT2D eigenvalue weighted by molar-refractivity contribution is -0.152. The minimum atomic E-state index is -2.03. The molecule has 16 N–H and O–H groups in total. The van der Waals surface area contributed by atoms with Crippen molar-refractivity contribution in [1.82, 2.24) is 84.2 Å². The molecule has 3 unspecified atom stereocenters. The molecule has 694 valence electrons. The molecule has 1 aromatic rings. The Balaban J connectivity index is 2.40. The minimum Gasteiger partial charge on any atom is -0.463 e. The van der Waals surface area contributed by atoms with Crippen LogP contribution in [0.2, 0.25) is 0 Å². The number of rotatable bonds is 30. The third-order valence-corrected chi connectivity index (χ3v) is 17.9. The second-order valence-corrected chi connectivity index (χ2v) is 35.8. The van der Waals surface area contributed by atoms with E-state index in [2.05, 4.69) is 74.4 Å². The van der Waals surface area contributed by atoms with Crippen LogP contribution in [0.25, 0.3) is 0 Å². The van der Waals surface area contributed by atoms with Gasteiger partial charge >= 0.3 is 36.4 Å². The van der Waals surface area contributed by atoms with Crippen LogP contribution in [0.15, 0.2) is 30.3 Å². The summed E-state index contributed by atoms with van der Waals surface area (Å²) >= 11 is 0. The first-order chi connectivity index (χ1) is 56.9. The highest BCUT2D eigenvalue weighted by Gasteiger charge is 2.43. The van der Waals surface area contributed by atoms with Crippen molar-refractivity contribution in [1.29, 1.82) is 0 Å². The third kappa shape index (κ3) is 42.2. The molecule has 0 aromatic heterocycles. The fraction of sp³-hybridized carbons (Fsp3) is 0.720. The summed E-state index contributed by atoms with van der Waals surface area (Å²) in [5.41, 5.74) is -4.66. The molecule has 2 saturated heterocycles. The van der Waals surface area contributed by atoms with Crippen molar-refractivity contribution in [3.05, 3.63) is 35.9 Å². The van der Waals surface area contributed by atoms with Crippen LogP contribution >= 0.6 is 0 Å². The number of ether oxygens (including phenoxy) is 6. The lowest BCUT2D eigenvalue weighted by Gasteiger charge is -2.41. The maximum Gasteiger partial charge on any atom is 0.410 e. The van der Waals surface area contributed by atoms with Gasteiger partial charge in [-0.15, -0.1) is 0 Å². The highest BCUT2D eigenvalue weighted by atomic mass is 16.6. The van der Waals surface area contributed by atoms with E-state index in [9.17, 15) is 72.5 Å². The van der Waals surface area contributed by atoms with Gasteiger partial charge in [0.15, 0.2) is 0 Å². The number of aliphatic hydroxyl groups is 2. The largest absolute Gasteiger partial charge is 0.463 e. The summed E-state index contributed by atoms with van der Waals surface area (Å²) < 4.78 is 32.6. The average molecular weight is 1750 g/mol. The lowest BCUT2D eigenvalue weighted by Crippen LogP contribution is -2.65. The molecule has 13 atom stereocenters. The number of hydrogen-bond acceptors (Lipinski definition) is 25. The number of aliphatic hydroxyl groups excluding tert-OH is 2. The van der Waals surface area contributed by atoms with Crippen molar-refractivity contribution in [2.45, 2.75) is 323 Å². The predicted molar refractivity (Wildman–Crippen MR) is 446 cm³/mol. The van der Waals surface area contributed by atoms with Gasteiger partial charge in [0.1, 0.15) is 88.4 Å². The molecule has 1 aromatic carbocycles. The Morgan fingerprint density at radius 2 is 0.943 bits per heavy atom. The van der Waals surface area contributed by atoms with Crippen LogP contribution in [-0.4, -0.2) is 281 Å². The summed E-state index contributed by atoms with van der Waals surface area (Å²) in [6.07, 6.45) is -11.5. The molecule has 41 heteroatoms. The van der Waals surface area contributed by atoms with Gasteiger partial charge < -0.3 is 123 Å². The number of carbonyl (C=O) groups is 17. The average Bonchev–Trinajstić information content (AvgIpc) is 0.899. The molecule has 16 amide bonds. The molecule has 2 aliphatic heterocycles. The lowest BCUT2D eigenvalue weighted by atomic mass is 10.00. The molecule has 3 rings (SSSR count). The molecule has 2 aliphatic rings. The number of nitrogens with one attached hydrogen (secondary N) is 14. The molecule has 0 spiro atoms. The topological polar surface area (TPSA) is 561 Å². The molecule has 0 bridgehead atoms. The van der Waals surface area contributed by atoms with Crippen molar-refractivity contribution < 1.29 is 120 Å². The summed E-state index contributed by atoms with van der Waals surface area (Å²) in [6, 6.07) is -9.74. The first-order valence-corrected chi connectivity index (χ1v) is 41.7. The molecule has 2 fully saturated rings. The standard InChI is InChI=1S/C82H136N16O25/c1-22-26-47(4)118-60(102)30-29-59(101)98-42-41-97(77(117)123-82(19,20)21)45-58(98)70(110)96-62(49(6)100)72(112)92-54(34-39-86-75(115)121-80(13,14)15)65(105)88-51-31-36-83-71(111)61(48(5)99)95-67(107)55(35-40-87-76(116)122-81(16,17)18)90-64(104)52(32-37-84-73(113)119-78(7,8)9)91-68(108)56(43-46(2)3)93-69(109)57(44-50-27-24-23-25-28-50)94-66(106)53(89-63(51)103)33-38-85-74(114)120-79(10,11)12/h23-25,27-28,46-49,51-58,61-62,99-100H,22,26,29-45H2,1-21H3,(H,83,111)(H,84,113)(H,85,114)(H,86,115)(H,87,116)(H,88,105)(H,89,103)(H,90,104)(H,91,108)(H,92,112)(H,93,109)(H,94,106)(H,95,107)(H,96,110)/t47?,48-,49?,51-,52-,53-,54-,55-,56-,57+,58?,61-,62-/m0/s1. The second-order valence-electron chi connectivity index (χ2n) is 35.8. The van der Waals surface area contributed by atoms with E-state index in [1.165, 1.54) is 0 Å². The molecular weight excluding hydrogens is 1610 g/mol. The van der Waals surface area contributed by atoms with E-state index in [4.69, 9.17) is 28.4 Å². The molecular formula is C82H136N16O25. The Morgan fingerprint density at radius 3 is 1.40 bits per heavy atom.